The molecule has 2 fully saturated rings. The summed E-state index contributed by atoms with van der Waals surface area (Å²) in [4.78, 5) is 59.0. The Balaban J connectivity index is 1.05. The largest absolute Gasteiger partial charge is 0.493 e. The molecule has 4 aromatic rings. The zero-order valence-electron chi connectivity index (χ0n) is 39.7. The number of alkyl halides is 3. The lowest BCUT2D eigenvalue weighted by Crippen LogP contribution is -2.63. The number of rotatable bonds is 17. The highest BCUT2D eigenvalue weighted by atomic mass is 35.5. The van der Waals surface area contributed by atoms with Crippen molar-refractivity contribution in [3.05, 3.63) is 118 Å². The van der Waals surface area contributed by atoms with Gasteiger partial charge in [-0.1, -0.05) is 67.9 Å². The Hall–Kier alpha value is -5.63. The van der Waals surface area contributed by atoms with Gasteiger partial charge in [0.25, 0.3) is 0 Å². The van der Waals surface area contributed by atoms with E-state index in [1.807, 2.05) is 54.6 Å². The molecule has 3 aromatic carbocycles. The second kappa shape index (κ2) is 20.4. The molecule has 0 unspecified atom stereocenters. The number of methoxy groups -OCH3 is 2. The molecule has 0 aliphatic heterocycles. The number of hydrogen-bond acceptors (Lipinski definition) is 9. The van der Waals surface area contributed by atoms with Crippen molar-refractivity contribution in [3.63, 3.8) is 0 Å². The molecule has 368 valence electrons. The van der Waals surface area contributed by atoms with E-state index in [1.165, 1.54) is 36.9 Å². The Morgan fingerprint density at radius 1 is 0.913 bits per heavy atom. The van der Waals surface area contributed by atoms with Gasteiger partial charge in [-0.25, -0.2) is 9.59 Å². The SMILES string of the molecule is COC(=O)[C@@H](Cc1ccccc1)NC(=O)CC1(COc2ccc3c(c2)C2(CCC(C(=O)OC)(N(C(=O)C(F)(F)F)c4cccc(Cl)c4)CC2)[C@@H](C[C@@H](C)COc2ccnc4c2[C@H](C)CCC4)C3)CC1. The van der Waals surface area contributed by atoms with Crippen LogP contribution in [0, 0.1) is 17.3 Å². The first-order valence-corrected chi connectivity index (χ1v) is 24.4. The van der Waals surface area contributed by atoms with Crippen molar-refractivity contribution in [1.82, 2.24) is 10.3 Å². The van der Waals surface area contributed by atoms with Gasteiger partial charge in [0.15, 0.2) is 0 Å². The molecule has 2 amide bonds. The third-order valence-electron chi connectivity index (χ3n) is 15.3. The van der Waals surface area contributed by atoms with Crippen LogP contribution in [0.1, 0.15) is 112 Å². The van der Waals surface area contributed by atoms with Crippen molar-refractivity contribution >= 4 is 41.0 Å². The Morgan fingerprint density at radius 2 is 1.67 bits per heavy atom. The summed E-state index contributed by atoms with van der Waals surface area (Å²) in [7, 11) is 2.42. The van der Waals surface area contributed by atoms with Gasteiger partial charge in [0.1, 0.15) is 23.1 Å². The van der Waals surface area contributed by atoms with Crippen molar-refractivity contribution in [1.29, 1.82) is 0 Å². The van der Waals surface area contributed by atoms with E-state index in [0.717, 1.165) is 67.3 Å². The summed E-state index contributed by atoms with van der Waals surface area (Å²) >= 11 is 6.30. The van der Waals surface area contributed by atoms with E-state index in [-0.39, 0.29) is 73.6 Å². The normalized spacial score (nSPS) is 23.1. The first kappa shape index (κ1) is 49.8. The Labute approximate surface area is 406 Å². The number of nitrogens with zero attached hydrogens (tertiary/aromatic N) is 2. The molecule has 4 aliphatic rings. The standard InChI is InChI=1S/C54H61ClF3N3O8/c1-34(32-68-45-18-25-59-43-15-8-10-35(2)47(43)45)26-38-28-37-16-17-41(69-33-51(19-20-51)31-46(62)60-44(48(63)66-3)27-36-11-6-5-7-12-36)30-42(37)52(38)21-23-53(24-22-52,50(65)67-4)61(49(64)54(56,57)58)40-14-9-13-39(55)29-40/h5-7,9,11-14,16-18,25,29-30,34-35,38,44H,8,10,15,19-24,26-28,31-33H2,1-4H3,(H,60,62)/t34-,35-,38+,44-,52?,53?/m1/s1. The summed E-state index contributed by atoms with van der Waals surface area (Å²) in [6.07, 6.45) is 3.23. The summed E-state index contributed by atoms with van der Waals surface area (Å²) in [5.41, 5.74) is 2.01. The van der Waals surface area contributed by atoms with Crippen LogP contribution in [0.2, 0.25) is 5.02 Å². The Kier molecular flexibility index (Phi) is 14.7. The maximum Gasteiger partial charge on any atom is 0.471 e. The van der Waals surface area contributed by atoms with Gasteiger partial charge >= 0.3 is 24.0 Å². The van der Waals surface area contributed by atoms with Crippen molar-refractivity contribution in [2.24, 2.45) is 17.3 Å². The fraction of sp³-hybridized carbons (Fsp3) is 0.500. The molecule has 4 aliphatic carbocycles. The summed E-state index contributed by atoms with van der Waals surface area (Å²) in [6.45, 7) is 5.05. The van der Waals surface area contributed by atoms with E-state index in [4.69, 9.17) is 30.5 Å². The summed E-state index contributed by atoms with van der Waals surface area (Å²) in [5, 5.41) is 2.99. The molecule has 0 saturated heterocycles. The Morgan fingerprint density at radius 3 is 2.35 bits per heavy atom. The van der Waals surface area contributed by atoms with Crippen molar-refractivity contribution in [2.45, 2.75) is 126 Å². The number of halogens is 4. The molecular weight excluding hydrogens is 911 g/mol. The number of nitrogens with one attached hydrogen (secondary N) is 1. The number of esters is 2. The van der Waals surface area contributed by atoms with Gasteiger partial charge < -0.3 is 24.3 Å². The number of hydrogen-bond donors (Lipinski definition) is 1. The van der Waals surface area contributed by atoms with Crippen LogP contribution in [-0.2, 0) is 53.3 Å². The van der Waals surface area contributed by atoms with Crippen molar-refractivity contribution < 1.29 is 51.3 Å². The number of benzene rings is 3. The van der Waals surface area contributed by atoms with Crippen LogP contribution in [-0.4, -0.2) is 73.9 Å². The second-order valence-corrected chi connectivity index (χ2v) is 20.4. The molecule has 1 spiro atoms. The van der Waals surface area contributed by atoms with Crippen LogP contribution in [0.4, 0.5) is 18.9 Å². The smallest absolute Gasteiger partial charge is 0.471 e. The third kappa shape index (κ3) is 10.6. The first-order chi connectivity index (χ1) is 33.0. The Bertz CT molecular complexity index is 2530. The highest BCUT2D eigenvalue weighted by Crippen LogP contribution is 2.58. The van der Waals surface area contributed by atoms with E-state index in [1.54, 1.807) is 6.20 Å². The van der Waals surface area contributed by atoms with E-state index in [0.29, 0.717) is 36.0 Å². The van der Waals surface area contributed by atoms with Crippen LogP contribution < -0.4 is 19.7 Å². The average molecular weight is 973 g/mol. The molecular formula is C54H61ClF3N3O8. The first-order valence-electron chi connectivity index (χ1n) is 24.0. The van der Waals surface area contributed by atoms with Gasteiger partial charge in [-0.2, -0.15) is 13.2 Å². The lowest BCUT2D eigenvalue weighted by molar-refractivity contribution is -0.174. The van der Waals surface area contributed by atoms with Crippen LogP contribution >= 0.6 is 11.6 Å². The fourth-order valence-corrected chi connectivity index (χ4v) is 11.7. The van der Waals surface area contributed by atoms with Gasteiger partial charge in [0.2, 0.25) is 5.91 Å². The number of amides is 2. The quantitative estimate of drug-likeness (QED) is 0.103. The van der Waals surface area contributed by atoms with Gasteiger partial charge in [-0.3, -0.25) is 19.5 Å². The molecule has 0 radical (unpaired) electrons. The van der Waals surface area contributed by atoms with Crippen molar-refractivity contribution in [3.8, 4) is 11.5 Å². The number of aryl methyl sites for hydroxylation is 1. The van der Waals surface area contributed by atoms with Crippen molar-refractivity contribution in [2.75, 3.05) is 32.3 Å². The molecule has 1 aromatic heterocycles. The highest BCUT2D eigenvalue weighted by Gasteiger charge is 2.60. The zero-order valence-corrected chi connectivity index (χ0v) is 40.4. The maximum absolute atomic E-state index is 14.6. The van der Waals surface area contributed by atoms with Crippen LogP contribution in [0.5, 0.6) is 11.5 Å². The van der Waals surface area contributed by atoms with Crippen LogP contribution in [0.3, 0.4) is 0 Å². The highest BCUT2D eigenvalue weighted by molar-refractivity contribution is 6.31. The minimum Gasteiger partial charge on any atom is -0.493 e. The number of ether oxygens (including phenoxy) is 4. The summed E-state index contributed by atoms with van der Waals surface area (Å²) in [5.74, 6) is -2.09. The van der Waals surface area contributed by atoms with Gasteiger partial charge in [-0.05, 0) is 147 Å². The van der Waals surface area contributed by atoms with Gasteiger partial charge in [-0.15, -0.1) is 0 Å². The molecule has 2 saturated carbocycles. The number of fused-ring (bicyclic) bond motifs is 3. The predicted octanol–water partition coefficient (Wildman–Crippen LogP) is 10.2. The second-order valence-electron chi connectivity index (χ2n) is 19.9. The summed E-state index contributed by atoms with van der Waals surface area (Å²) in [6, 6.07) is 22.0. The van der Waals surface area contributed by atoms with E-state index >= 15 is 0 Å². The third-order valence-corrected chi connectivity index (χ3v) is 15.5. The molecule has 4 atom stereocenters. The number of pyridine rings is 1. The van der Waals surface area contributed by atoms with Gasteiger partial charge in [0.05, 0.1) is 27.4 Å². The van der Waals surface area contributed by atoms with Gasteiger partial charge in [0, 0.05) is 46.4 Å². The molecule has 1 heterocycles. The average Bonchev–Trinajstić information content (AvgIpc) is 4.04. The minimum absolute atomic E-state index is 0.00248. The molecule has 8 rings (SSSR count). The number of carbonyl (C=O) groups is 4. The number of aromatic nitrogens is 1. The molecule has 0 bridgehead atoms. The van der Waals surface area contributed by atoms with Crippen LogP contribution in [0.15, 0.2) is 85.1 Å². The summed E-state index contributed by atoms with van der Waals surface area (Å²) < 4.78 is 67.2. The fourth-order valence-electron chi connectivity index (χ4n) is 11.5. The predicted molar refractivity (Wildman–Crippen MR) is 254 cm³/mol. The zero-order chi connectivity index (χ0) is 49.1. The topological polar surface area (TPSA) is 133 Å². The maximum atomic E-state index is 14.6. The molecule has 15 heteroatoms. The lowest BCUT2D eigenvalue weighted by atomic mass is 9.59. The molecule has 11 nitrogen and oxygen atoms in total. The molecule has 1 N–H and O–H groups in total. The number of carbonyl (C=O) groups excluding carboxylic acids is 4. The van der Waals surface area contributed by atoms with E-state index in [2.05, 4.69) is 24.1 Å². The van der Waals surface area contributed by atoms with E-state index in [9.17, 15) is 32.3 Å². The minimum atomic E-state index is -5.31. The lowest BCUT2D eigenvalue weighted by Gasteiger charge is -2.51. The number of anilines is 1. The van der Waals surface area contributed by atoms with E-state index < -0.39 is 46.4 Å². The molecule has 69 heavy (non-hydrogen) atoms. The van der Waals surface area contributed by atoms with Crippen LogP contribution in [0.25, 0.3) is 0 Å². The monoisotopic (exact) mass is 971 g/mol.